The molecule has 6 heteroatoms. The van der Waals surface area contributed by atoms with E-state index in [1.807, 2.05) is 0 Å². The molecule has 6 nitrogen and oxygen atoms in total. The molecule has 0 bridgehead atoms. The number of hydroxylamine groups is 1. The van der Waals surface area contributed by atoms with Crippen molar-refractivity contribution in [1.29, 1.82) is 0 Å². The van der Waals surface area contributed by atoms with Crippen LogP contribution in [0, 0.1) is 0 Å². The Morgan fingerprint density at radius 1 is 1.12 bits per heavy atom. The number of carbonyl (C=O) groups is 1. The van der Waals surface area contributed by atoms with Crippen molar-refractivity contribution < 1.29 is 23.8 Å². The molecule has 0 aliphatic heterocycles. The van der Waals surface area contributed by atoms with Crippen LogP contribution in [0.3, 0.4) is 0 Å². The first kappa shape index (κ1) is 15.2. The highest BCUT2D eigenvalue weighted by atomic mass is 16.7. The maximum atomic E-state index is 11.1. The molecule has 96 valence electrons. The standard InChI is InChI=1S/C10H21NO5/c1-10(2,3)16-9(12)11-15-8-7-14-6-5-13-4/h5-8H2,1-4H3,(H,11,12). The molecular formula is C10H21NO5. The lowest BCUT2D eigenvalue weighted by molar-refractivity contribution is -0.0306. The zero-order chi connectivity index (χ0) is 12.4. The lowest BCUT2D eigenvalue weighted by atomic mass is 10.2. The third kappa shape index (κ3) is 11.2. The number of nitrogens with one attached hydrogen (secondary N) is 1. The second-order valence-corrected chi connectivity index (χ2v) is 4.06. The summed E-state index contributed by atoms with van der Waals surface area (Å²) >= 11 is 0. The van der Waals surface area contributed by atoms with Crippen molar-refractivity contribution in [3.63, 3.8) is 0 Å². The van der Waals surface area contributed by atoms with Crippen LogP contribution in [0.15, 0.2) is 0 Å². The van der Waals surface area contributed by atoms with Crippen molar-refractivity contribution in [2.45, 2.75) is 26.4 Å². The van der Waals surface area contributed by atoms with Gasteiger partial charge in [-0.15, -0.1) is 0 Å². The minimum atomic E-state index is -0.607. The highest BCUT2D eigenvalue weighted by Crippen LogP contribution is 2.06. The summed E-state index contributed by atoms with van der Waals surface area (Å²) in [5.74, 6) is 0. The summed E-state index contributed by atoms with van der Waals surface area (Å²) < 4.78 is 14.8. The molecule has 1 N–H and O–H groups in total. The fraction of sp³-hybridized carbons (Fsp3) is 0.900. The van der Waals surface area contributed by atoms with Crippen molar-refractivity contribution >= 4 is 6.09 Å². The number of methoxy groups -OCH3 is 1. The molecule has 0 aromatic carbocycles. The maximum absolute atomic E-state index is 11.1. The molecule has 0 saturated carbocycles. The van der Waals surface area contributed by atoms with Gasteiger partial charge in [0.15, 0.2) is 0 Å². The number of hydrogen-bond donors (Lipinski definition) is 1. The lowest BCUT2D eigenvalue weighted by Crippen LogP contribution is -2.33. The minimum Gasteiger partial charge on any atom is -0.442 e. The SMILES string of the molecule is COCCOCCONC(=O)OC(C)(C)C. The van der Waals surface area contributed by atoms with Crippen LogP contribution in [0.5, 0.6) is 0 Å². The van der Waals surface area contributed by atoms with E-state index < -0.39 is 11.7 Å². The summed E-state index contributed by atoms with van der Waals surface area (Å²) in [5.41, 5.74) is 1.63. The van der Waals surface area contributed by atoms with Gasteiger partial charge in [0.05, 0.1) is 26.4 Å². The molecule has 0 heterocycles. The lowest BCUT2D eigenvalue weighted by Gasteiger charge is -2.19. The maximum Gasteiger partial charge on any atom is 0.431 e. The van der Waals surface area contributed by atoms with Gasteiger partial charge in [0, 0.05) is 7.11 Å². The van der Waals surface area contributed by atoms with E-state index in [0.717, 1.165) is 0 Å². The summed E-state index contributed by atoms with van der Waals surface area (Å²) in [6.45, 7) is 7.04. The molecule has 0 aliphatic rings. The third-order valence-electron chi connectivity index (χ3n) is 1.32. The number of amides is 1. The summed E-state index contributed by atoms with van der Waals surface area (Å²) in [7, 11) is 1.60. The van der Waals surface area contributed by atoms with E-state index in [9.17, 15) is 4.79 Å². The van der Waals surface area contributed by atoms with Gasteiger partial charge in [-0.05, 0) is 20.8 Å². The van der Waals surface area contributed by atoms with E-state index >= 15 is 0 Å². The quantitative estimate of drug-likeness (QED) is 0.529. The van der Waals surface area contributed by atoms with Crippen LogP contribution in [0.25, 0.3) is 0 Å². The van der Waals surface area contributed by atoms with Crippen LogP contribution < -0.4 is 5.48 Å². The van der Waals surface area contributed by atoms with E-state index in [4.69, 9.17) is 19.0 Å². The van der Waals surface area contributed by atoms with Gasteiger partial charge >= 0.3 is 6.09 Å². The molecule has 0 atom stereocenters. The fourth-order valence-corrected chi connectivity index (χ4v) is 0.754. The molecule has 0 radical (unpaired) electrons. The molecule has 0 aliphatic carbocycles. The zero-order valence-electron chi connectivity index (χ0n) is 10.4. The van der Waals surface area contributed by atoms with Gasteiger partial charge < -0.3 is 14.2 Å². The van der Waals surface area contributed by atoms with Crippen molar-refractivity contribution in [3.05, 3.63) is 0 Å². The number of carbonyl (C=O) groups excluding carboxylic acids is 1. The molecular weight excluding hydrogens is 214 g/mol. The molecule has 16 heavy (non-hydrogen) atoms. The van der Waals surface area contributed by atoms with Crippen LogP contribution in [0.2, 0.25) is 0 Å². The van der Waals surface area contributed by atoms with Crippen molar-refractivity contribution in [1.82, 2.24) is 5.48 Å². The minimum absolute atomic E-state index is 0.267. The van der Waals surface area contributed by atoms with Gasteiger partial charge in [0.1, 0.15) is 5.60 Å². The average Bonchev–Trinajstić information content (AvgIpc) is 2.13. The summed E-state index contributed by atoms with van der Waals surface area (Å²) in [6, 6.07) is 0. The molecule has 0 unspecified atom stereocenters. The van der Waals surface area contributed by atoms with Gasteiger partial charge in [-0.25, -0.2) is 4.79 Å². The summed E-state index contributed by atoms with van der Waals surface area (Å²) in [6.07, 6.45) is -0.607. The van der Waals surface area contributed by atoms with Crippen LogP contribution in [-0.2, 0) is 19.0 Å². The number of hydrogen-bond acceptors (Lipinski definition) is 5. The zero-order valence-corrected chi connectivity index (χ0v) is 10.4. The van der Waals surface area contributed by atoms with E-state index in [2.05, 4.69) is 5.48 Å². The first-order valence-electron chi connectivity index (χ1n) is 5.13. The Bertz CT molecular complexity index is 190. The van der Waals surface area contributed by atoms with Crippen LogP contribution >= 0.6 is 0 Å². The normalized spacial score (nSPS) is 11.2. The first-order valence-corrected chi connectivity index (χ1v) is 5.13. The van der Waals surface area contributed by atoms with E-state index in [1.54, 1.807) is 27.9 Å². The van der Waals surface area contributed by atoms with Crippen molar-refractivity contribution in [3.8, 4) is 0 Å². The van der Waals surface area contributed by atoms with E-state index in [1.165, 1.54) is 0 Å². The number of ether oxygens (including phenoxy) is 3. The summed E-state index contributed by atoms with van der Waals surface area (Å²) in [5, 5.41) is 0. The molecule has 0 aromatic heterocycles. The highest BCUT2D eigenvalue weighted by Gasteiger charge is 2.15. The smallest absolute Gasteiger partial charge is 0.431 e. The van der Waals surface area contributed by atoms with Gasteiger partial charge in [0.25, 0.3) is 0 Å². The van der Waals surface area contributed by atoms with Crippen molar-refractivity contribution in [2.24, 2.45) is 0 Å². The Morgan fingerprint density at radius 2 is 1.75 bits per heavy atom. The van der Waals surface area contributed by atoms with Gasteiger partial charge in [-0.1, -0.05) is 0 Å². The molecule has 0 aromatic rings. The van der Waals surface area contributed by atoms with Crippen LogP contribution in [-0.4, -0.2) is 45.2 Å². The molecule has 0 saturated heterocycles. The second kappa shape index (κ2) is 8.32. The average molecular weight is 235 g/mol. The Hall–Kier alpha value is -0.850. The second-order valence-electron chi connectivity index (χ2n) is 4.06. The molecule has 1 amide bonds. The fourth-order valence-electron chi connectivity index (χ4n) is 0.754. The first-order chi connectivity index (χ1) is 7.45. The van der Waals surface area contributed by atoms with E-state index in [0.29, 0.717) is 19.8 Å². The van der Waals surface area contributed by atoms with Crippen LogP contribution in [0.1, 0.15) is 20.8 Å². The van der Waals surface area contributed by atoms with Crippen molar-refractivity contribution in [2.75, 3.05) is 33.5 Å². The Kier molecular flexibility index (Phi) is 7.88. The summed E-state index contributed by atoms with van der Waals surface area (Å²) in [4.78, 5) is 15.9. The largest absolute Gasteiger partial charge is 0.442 e. The molecule has 0 rings (SSSR count). The monoisotopic (exact) mass is 235 g/mol. The van der Waals surface area contributed by atoms with Gasteiger partial charge in [-0.2, -0.15) is 5.48 Å². The predicted octanol–water partition coefficient (Wildman–Crippen LogP) is 1.11. The Morgan fingerprint density at radius 3 is 2.31 bits per heavy atom. The predicted molar refractivity (Wildman–Crippen MR) is 58.0 cm³/mol. The molecule has 0 spiro atoms. The number of rotatable bonds is 7. The topological polar surface area (TPSA) is 66.0 Å². The Balaban J connectivity index is 3.28. The van der Waals surface area contributed by atoms with Gasteiger partial charge in [0.2, 0.25) is 0 Å². The van der Waals surface area contributed by atoms with Gasteiger partial charge in [-0.3, -0.25) is 4.84 Å². The van der Waals surface area contributed by atoms with Crippen LogP contribution in [0.4, 0.5) is 4.79 Å². The molecule has 0 fully saturated rings. The highest BCUT2D eigenvalue weighted by molar-refractivity contribution is 5.66. The van der Waals surface area contributed by atoms with E-state index in [-0.39, 0.29) is 6.61 Å². The Labute approximate surface area is 96.1 Å². The third-order valence-corrected chi connectivity index (χ3v) is 1.32.